The molecule has 0 fully saturated rings. The third-order valence-electron chi connectivity index (χ3n) is 2.94. The van der Waals surface area contributed by atoms with Crippen LogP contribution in [0.2, 0.25) is 0 Å². The van der Waals surface area contributed by atoms with Crippen molar-refractivity contribution in [2.75, 3.05) is 13.6 Å². The van der Waals surface area contributed by atoms with Crippen LogP contribution in [0.5, 0.6) is 0 Å². The van der Waals surface area contributed by atoms with Crippen molar-refractivity contribution in [3.63, 3.8) is 0 Å². The number of hydrogen-bond acceptors (Lipinski definition) is 3. The first-order chi connectivity index (χ1) is 8.49. The van der Waals surface area contributed by atoms with Crippen LogP contribution >= 0.6 is 0 Å². The van der Waals surface area contributed by atoms with E-state index < -0.39 is 5.41 Å². The molecule has 1 aromatic carbocycles. The number of rotatable bonds is 6. The molecule has 0 saturated heterocycles. The first-order valence-electron chi connectivity index (χ1n) is 6.11. The average Bonchev–Trinajstić information content (AvgIpc) is 2.38. The molecule has 1 rings (SSSR count). The van der Waals surface area contributed by atoms with Gasteiger partial charge in [0, 0.05) is 20.1 Å². The van der Waals surface area contributed by atoms with E-state index in [2.05, 4.69) is 10.6 Å². The van der Waals surface area contributed by atoms with Crippen molar-refractivity contribution in [2.24, 2.45) is 5.41 Å². The van der Waals surface area contributed by atoms with Gasteiger partial charge in [0.2, 0.25) is 5.91 Å². The summed E-state index contributed by atoms with van der Waals surface area (Å²) in [6.45, 7) is 5.22. The van der Waals surface area contributed by atoms with E-state index in [0.29, 0.717) is 13.1 Å². The van der Waals surface area contributed by atoms with E-state index in [4.69, 9.17) is 5.11 Å². The maximum Gasteiger partial charge on any atom is 0.226 e. The standard InChI is InChI=1S/C14H22N2O2/c1-14(2,13(18)15-3)10-16-8-11-4-6-12(9-17)7-5-11/h4-7,16-17H,8-10H2,1-3H3,(H,15,18). The van der Waals surface area contributed by atoms with Crippen molar-refractivity contribution in [1.29, 1.82) is 0 Å². The second-order valence-corrected chi connectivity index (χ2v) is 5.04. The Balaban J connectivity index is 2.43. The minimum Gasteiger partial charge on any atom is -0.392 e. The highest BCUT2D eigenvalue weighted by Gasteiger charge is 2.25. The summed E-state index contributed by atoms with van der Waals surface area (Å²) in [6.07, 6.45) is 0. The molecular formula is C14H22N2O2. The Hall–Kier alpha value is -1.39. The van der Waals surface area contributed by atoms with Crippen LogP contribution in [0, 0.1) is 5.41 Å². The van der Waals surface area contributed by atoms with Gasteiger partial charge in [-0.25, -0.2) is 0 Å². The van der Waals surface area contributed by atoms with Gasteiger partial charge in [-0.3, -0.25) is 4.79 Å². The van der Waals surface area contributed by atoms with Crippen molar-refractivity contribution < 1.29 is 9.90 Å². The molecule has 3 N–H and O–H groups in total. The zero-order chi connectivity index (χ0) is 13.6. The van der Waals surface area contributed by atoms with Crippen LogP contribution in [0.15, 0.2) is 24.3 Å². The highest BCUT2D eigenvalue weighted by molar-refractivity contribution is 5.81. The quantitative estimate of drug-likeness (QED) is 0.707. The predicted octanol–water partition coefficient (Wildman–Crippen LogP) is 1.04. The highest BCUT2D eigenvalue weighted by atomic mass is 16.3. The second kappa shape index (κ2) is 6.52. The van der Waals surface area contributed by atoms with Crippen LogP contribution in [-0.2, 0) is 17.9 Å². The minimum atomic E-state index is -0.417. The first-order valence-corrected chi connectivity index (χ1v) is 6.11. The lowest BCUT2D eigenvalue weighted by atomic mass is 9.92. The van der Waals surface area contributed by atoms with Gasteiger partial charge in [-0.2, -0.15) is 0 Å². The molecule has 4 heteroatoms. The summed E-state index contributed by atoms with van der Waals surface area (Å²) in [5.41, 5.74) is 1.63. The number of aliphatic hydroxyl groups excluding tert-OH is 1. The van der Waals surface area contributed by atoms with E-state index in [1.165, 1.54) is 0 Å². The highest BCUT2D eigenvalue weighted by Crippen LogP contribution is 2.13. The number of carbonyl (C=O) groups excluding carboxylic acids is 1. The van der Waals surface area contributed by atoms with Crippen LogP contribution in [0.4, 0.5) is 0 Å². The van der Waals surface area contributed by atoms with Crippen molar-refractivity contribution in [3.8, 4) is 0 Å². The zero-order valence-electron chi connectivity index (χ0n) is 11.3. The smallest absolute Gasteiger partial charge is 0.226 e. The molecule has 0 aliphatic rings. The molecule has 1 aromatic rings. The van der Waals surface area contributed by atoms with Crippen molar-refractivity contribution >= 4 is 5.91 Å². The maximum atomic E-state index is 11.6. The van der Waals surface area contributed by atoms with Crippen molar-refractivity contribution in [1.82, 2.24) is 10.6 Å². The maximum absolute atomic E-state index is 11.6. The van der Waals surface area contributed by atoms with E-state index in [1.807, 2.05) is 38.1 Å². The van der Waals surface area contributed by atoms with Gasteiger partial charge in [-0.05, 0) is 25.0 Å². The molecule has 18 heavy (non-hydrogen) atoms. The lowest BCUT2D eigenvalue weighted by Crippen LogP contribution is -2.41. The zero-order valence-corrected chi connectivity index (χ0v) is 11.3. The Morgan fingerprint density at radius 3 is 2.28 bits per heavy atom. The predicted molar refractivity (Wildman–Crippen MR) is 71.9 cm³/mol. The molecule has 0 saturated carbocycles. The SMILES string of the molecule is CNC(=O)C(C)(C)CNCc1ccc(CO)cc1. The van der Waals surface area contributed by atoms with E-state index in [9.17, 15) is 4.79 Å². The van der Waals surface area contributed by atoms with Crippen LogP contribution in [0.25, 0.3) is 0 Å². The van der Waals surface area contributed by atoms with Gasteiger partial charge in [-0.15, -0.1) is 0 Å². The van der Waals surface area contributed by atoms with E-state index >= 15 is 0 Å². The Bertz CT molecular complexity index is 385. The molecule has 1 amide bonds. The Morgan fingerprint density at radius 1 is 1.22 bits per heavy atom. The number of amides is 1. The van der Waals surface area contributed by atoms with E-state index in [-0.39, 0.29) is 12.5 Å². The number of aliphatic hydroxyl groups is 1. The van der Waals surface area contributed by atoms with Gasteiger partial charge in [0.15, 0.2) is 0 Å². The summed E-state index contributed by atoms with van der Waals surface area (Å²) in [5.74, 6) is 0.0330. The van der Waals surface area contributed by atoms with Crippen molar-refractivity contribution in [2.45, 2.75) is 27.0 Å². The summed E-state index contributed by atoms with van der Waals surface area (Å²) >= 11 is 0. The van der Waals surface area contributed by atoms with E-state index in [1.54, 1.807) is 7.05 Å². The molecule has 0 aliphatic carbocycles. The molecule has 4 nitrogen and oxygen atoms in total. The monoisotopic (exact) mass is 250 g/mol. The molecule has 0 bridgehead atoms. The fourth-order valence-corrected chi connectivity index (χ4v) is 1.70. The Morgan fingerprint density at radius 2 is 1.78 bits per heavy atom. The summed E-state index contributed by atoms with van der Waals surface area (Å²) < 4.78 is 0. The largest absolute Gasteiger partial charge is 0.392 e. The molecule has 0 heterocycles. The number of carbonyl (C=O) groups is 1. The minimum absolute atomic E-state index is 0.0330. The lowest BCUT2D eigenvalue weighted by molar-refractivity contribution is -0.128. The van der Waals surface area contributed by atoms with Gasteiger partial charge in [0.25, 0.3) is 0 Å². The van der Waals surface area contributed by atoms with Gasteiger partial charge in [-0.1, -0.05) is 24.3 Å². The molecule has 100 valence electrons. The summed E-state index contributed by atoms with van der Waals surface area (Å²) in [6, 6.07) is 7.76. The van der Waals surface area contributed by atoms with Crippen LogP contribution in [0.1, 0.15) is 25.0 Å². The van der Waals surface area contributed by atoms with Crippen LogP contribution in [-0.4, -0.2) is 24.6 Å². The van der Waals surface area contributed by atoms with Crippen LogP contribution in [0.3, 0.4) is 0 Å². The number of nitrogens with one attached hydrogen (secondary N) is 2. The summed E-state index contributed by atoms with van der Waals surface area (Å²) in [5, 5.41) is 14.9. The fraction of sp³-hybridized carbons (Fsp3) is 0.500. The molecule has 0 unspecified atom stereocenters. The first kappa shape index (κ1) is 14.7. The normalized spacial score (nSPS) is 11.3. The summed E-state index contributed by atoms with van der Waals surface area (Å²) in [7, 11) is 1.65. The van der Waals surface area contributed by atoms with Gasteiger partial charge >= 0.3 is 0 Å². The van der Waals surface area contributed by atoms with Gasteiger partial charge in [0.05, 0.1) is 12.0 Å². The molecule has 0 aliphatic heterocycles. The van der Waals surface area contributed by atoms with Gasteiger partial charge < -0.3 is 15.7 Å². The molecule has 0 radical (unpaired) electrons. The Labute approximate surface area is 108 Å². The van der Waals surface area contributed by atoms with Gasteiger partial charge in [0.1, 0.15) is 0 Å². The third kappa shape index (κ3) is 4.13. The molecule has 0 spiro atoms. The molecule has 0 aromatic heterocycles. The van der Waals surface area contributed by atoms with Crippen molar-refractivity contribution in [3.05, 3.63) is 35.4 Å². The molecular weight excluding hydrogens is 228 g/mol. The lowest BCUT2D eigenvalue weighted by Gasteiger charge is -2.22. The molecule has 0 atom stereocenters. The topological polar surface area (TPSA) is 61.4 Å². The average molecular weight is 250 g/mol. The second-order valence-electron chi connectivity index (χ2n) is 5.04. The fourth-order valence-electron chi connectivity index (χ4n) is 1.70. The third-order valence-corrected chi connectivity index (χ3v) is 2.94. The number of hydrogen-bond donors (Lipinski definition) is 3. The Kier molecular flexibility index (Phi) is 5.31. The van der Waals surface area contributed by atoms with E-state index in [0.717, 1.165) is 11.1 Å². The number of benzene rings is 1. The van der Waals surface area contributed by atoms with Crippen LogP contribution < -0.4 is 10.6 Å². The summed E-state index contributed by atoms with van der Waals surface area (Å²) in [4.78, 5) is 11.6.